The number of likely N-dealkylation sites (tertiary alicyclic amines) is 1. The molecule has 216 valence electrons. The molecule has 2 amide bonds. The zero-order chi connectivity index (χ0) is 28.6. The number of aliphatic hydroxyl groups excluding tert-OH is 2. The zero-order valence-corrected chi connectivity index (χ0v) is 23.0. The second kappa shape index (κ2) is 11.2. The highest BCUT2D eigenvalue weighted by Gasteiger charge is 2.48. The van der Waals surface area contributed by atoms with Crippen molar-refractivity contribution in [2.24, 2.45) is 11.3 Å². The van der Waals surface area contributed by atoms with Gasteiger partial charge in [-0.05, 0) is 42.9 Å². The molecular formula is C27H37N7O6. The van der Waals surface area contributed by atoms with Crippen LogP contribution in [0.25, 0.3) is 11.2 Å². The van der Waals surface area contributed by atoms with Gasteiger partial charge in [0.1, 0.15) is 17.7 Å². The number of carbonyl (C=O) groups excluding carboxylic acids is 2. The molecule has 2 aromatic rings. The van der Waals surface area contributed by atoms with Crippen LogP contribution in [0, 0.1) is 23.2 Å². The maximum Gasteiger partial charge on any atom is 0.409 e. The molecule has 3 fully saturated rings. The van der Waals surface area contributed by atoms with E-state index < -0.39 is 30.4 Å². The van der Waals surface area contributed by atoms with Crippen LogP contribution in [0.1, 0.15) is 64.9 Å². The Morgan fingerprint density at radius 1 is 1.18 bits per heavy atom. The lowest BCUT2D eigenvalue weighted by molar-refractivity contribution is -0.137. The van der Waals surface area contributed by atoms with Crippen LogP contribution < -0.4 is 11.1 Å². The fraction of sp³-hybridized carbons (Fsp3) is 0.667. The molecule has 0 radical (unpaired) electrons. The number of carbonyl (C=O) groups is 2. The van der Waals surface area contributed by atoms with Gasteiger partial charge in [0.25, 0.3) is 5.91 Å². The Morgan fingerprint density at radius 3 is 2.58 bits per heavy atom. The highest BCUT2D eigenvalue weighted by molar-refractivity contribution is 5.83. The molecule has 4 heterocycles. The topological polar surface area (TPSA) is 178 Å². The molecule has 4 atom stereocenters. The van der Waals surface area contributed by atoms with E-state index in [4.69, 9.17) is 15.2 Å². The minimum Gasteiger partial charge on any atom is -0.449 e. The molecule has 0 bridgehead atoms. The van der Waals surface area contributed by atoms with Crippen LogP contribution in [-0.2, 0) is 14.3 Å². The van der Waals surface area contributed by atoms with Gasteiger partial charge in [0.05, 0.1) is 12.9 Å². The van der Waals surface area contributed by atoms with Crippen LogP contribution in [0.2, 0.25) is 0 Å². The van der Waals surface area contributed by atoms with E-state index in [0.717, 1.165) is 25.7 Å². The van der Waals surface area contributed by atoms with Crippen molar-refractivity contribution in [2.75, 3.05) is 25.4 Å². The molecular weight excluding hydrogens is 518 g/mol. The Balaban J connectivity index is 1.22. The van der Waals surface area contributed by atoms with Gasteiger partial charge in [-0.15, -0.1) is 0 Å². The predicted molar refractivity (Wildman–Crippen MR) is 143 cm³/mol. The summed E-state index contributed by atoms with van der Waals surface area (Å²) in [5.41, 5.74) is 6.62. The number of imidazole rings is 1. The van der Waals surface area contributed by atoms with E-state index in [1.54, 1.807) is 4.90 Å². The molecule has 0 spiro atoms. The van der Waals surface area contributed by atoms with Gasteiger partial charge in [-0.3, -0.25) is 9.36 Å². The van der Waals surface area contributed by atoms with E-state index in [1.807, 2.05) is 20.8 Å². The van der Waals surface area contributed by atoms with Crippen molar-refractivity contribution < 1.29 is 29.3 Å². The third kappa shape index (κ3) is 6.29. The molecule has 2 aromatic heterocycles. The third-order valence-electron chi connectivity index (χ3n) is 7.24. The average molecular weight is 556 g/mol. The maximum absolute atomic E-state index is 12.5. The van der Waals surface area contributed by atoms with Gasteiger partial charge in [0.15, 0.2) is 23.8 Å². The minimum atomic E-state index is -1.41. The Bertz CT molecular complexity index is 1320. The number of aliphatic hydroxyl groups is 2. The van der Waals surface area contributed by atoms with E-state index in [1.165, 1.54) is 10.9 Å². The van der Waals surface area contributed by atoms with Gasteiger partial charge in [-0.25, -0.2) is 19.7 Å². The molecule has 0 aromatic carbocycles. The van der Waals surface area contributed by atoms with Crippen LogP contribution in [0.3, 0.4) is 0 Å². The van der Waals surface area contributed by atoms with Gasteiger partial charge in [-0.1, -0.05) is 26.7 Å². The van der Waals surface area contributed by atoms with Crippen molar-refractivity contribution in [1.29, 1.82) is 0 Å². The SMILES string of the molecule is CC(C)(C)COC(=O)N1CCC(CC#Cc2nc(N)c3ncn(C4OC(C(=O)NC5CC5)C(O)C4O)c3n2)CC1. The normalized spacial score (nSPS) is 25.5. The summed E-state index contributed by atoms with van der Waals surface area (Å²) in [5.74, 6) is 6.26. The summed E-state index contributed by atoms with van der Waals surface area (Å²) < 4.78 is 12.6. The number of nitrogens with two attached hydrogens (primary N) is 1. The molecule has 3 aliphatic rings. The first kappa shape index (κ1) is 28.1. The number of nitrogens with zero attached hydrogens (tertiary/aromatic N) is 5. The molecule has 2 saturated heterocycles. The smallest absolute Gasteiger partial charge is 0.409 e. The third-order valence-corrected chi connectivity index (χ3v) is 7.24. The maximum atomic E-state index is 12.5. The summed E-state index contributed by atoms with van der Waals surface area (Å²) in [6.45, 7) is 7.70. The number of ether oxygens (including phenoxy) is 2. The summed E-state index contributed by atoms with van der Waals surface area (Å²) in [7, 11) is 0. The van der Waals surface area contributed by atoms with Gasteiger partial charge in [0, 0.05) is 25.6 Å². The highest BCUT2D eigenvalue weighted by atomic mass is 16.6. The fourth-order valence-corrected chi connectivity index (χ4v) is 4.76. The summed E-state index contributed by atoms with van der Waals surface area (Å²) >= 11 is 0. The van der Waals surface area contributed by atoms with E-state index in [2.05, 4.69) is 32.1 Å². The van der Waals surface area contributed by atoms with Crippen molar-refractivity contribution in [1.82, 2.24) is 29.7 Å². The number of aromatic nitrogens is 4. The van der Waals surface area contributed by atoms with Crippen molar-refractivity contribution in [3.63, 3.8) is 0 Å². The zero-order valence-electron chi connectivity index (χ0n) is 23.0. The van der Waals surface area contributed by atoms with Crippen LogP contribution in [-0.4, -0.2) is 90.7 Å². The molecule has 4 unspecified atom stereocenters. The molecule has 13 nitrogen and oxygen atoms in total. The van der Waals surface area contributed by atoms with Gasteiger partial charge in [0.2, 0.25) is 5.82 Å². The number of anilines is 1. The second-order valence-electron chi connectivity index (χ2n) is 12.0. The number of nitrogen functional groups attached to an aromatic ring is 1. The fourth-order valence-electron chi connectivity index (χ4n) is 4.76. The Labute approximate surface area is 232 Å². The lowest BCUT2D eigenvalue weighted by Gasteiger charge is -2.31. The number of hydrogen-bond acceptors (Lipinski definition) is 10. The Hall–Kier alpha value is -3.47. The van der Waals surface area contributed by atoms with Gasteiger partial charge < -0.3 is 35.6 Å². The monoisotopic (exact) mass is 555 g/mol. The van der Waals surface area contributed by atoms with E-state index >= 15 is 0 Å². The molecule has 1 aliphatic carbocycles. The lowest BCUT2D eigenvalue weighted by atomic mass is 9.94. The Morgan fingerprint density at radius 2 is 1.90 bits per heavy atom. The van der Waals surface area contributed by atoms with Crippen LogP contribution in [0.4, 0.5) is 10.6 Å². The highest BCUT2D eigenvalue weighted by Crippen LogP contribution is 2.33. The van der Waals surface area contributed by atoms with E-state index in [0.29, 0.717) is 37.6 Å². The van der Waals surface area contributed by atoms with Crippen LogP contribution in [0.5, 0.6) is 0 Å². The Kier molecular flexibility index (Phi) is 7.85. The number of nitrogens with one attached hydrogen (secondary N) is 1. The van der Waals surface area contributed by atoms with Crippen molar-refractivity contribution >= 4 is 29.0 Å². The van der Waals surface area contributed by atoms with Crippen molar-refractivity contribution in [2.45, 2.75) is 83.5 Å². The van der Waals surface area contributed by atoms with Gasteiger partial charge in [-0.2, -0.15) is 0 Å². The van der Waals surface area contributed by atoms with E-state index in [-0.39, 0.29) is 34.8 Å². The minimum absolute atomic E-state index is 0.0740. The molecule has 13 heteroatoms. The quantitative estimate of drug-likeness (QED) is 0.388. The lowest BCUT2D eigenvalue weighted by Crippen LogP contribution is -2.43. The largest absolute Gasteiger partial charge is 0.449 e. The summed E-state index contributed by atoms with van der Waals surface area (Å²) in [4.78, 5) is 39.5. The molecule has 5 rings (SSSR count). The second-order valence-corrected chi connectivity index (χ2v) is 12.0. The van der Waals surface area contributed by atoms with Gasteiger partial charge >= 0.3 is 6.09 Å². The molecule has 5 N–H and O–H groups in total. The standard InChI is InChI=1S/C27H37N7O6/c1-27(2,3)13-39-26(38)33-11-9-15(10-12-33)5-4-6-17-31-22(28)18-23(32-17)34(14-29-18)25-20(36)19(35)21(40-25)24(37)30-16-7-8-16/h14-16,19-21,25,35-36H,5,7-13H2,1-3H3,(H,30,37)(H2,28,31,32). The predicted octanol–water partition coefficient (Wildman–Crippen LogP) is 0.943. The first-order valence-electron chi connectivity index (χ1n) is 13.7. The average Bonchev–Trinajstić information content (AvgIpc) is 3.54. The first-order chi connectivity index (χ1) is 19.0. The van der Waals surface area contributed by atoms with Crippen LogP contribution in [0.15, 0.2) is 6.33 Å². The summed E-state index contributed by atoms with van der Waals surface area (Å²) in [6, 6.07) is 0.0877. The number of fused-ring (bicyclic) bond motifs is 1. The van der Waals surface area contributed by atoms with Crippen molar-refractivity contribution in [3.8, 4) is 11.8 Å². The molecule has 2 aliphatic heterocycles. The molecule has 1 saturated carbocycles. The number of rotatable bonds is 5. The number of piperidine rings is 1. The first-order valence-corrected chi connectivity index (χ1v) is 13.7. The van der Waals surface area contributed by atoms with Crippen LogP contribution >= 0.6 is 0 Å². The molecule has 40 heavy (non-hydrogen) atoms. The van der Waals surface area contributed by atoms with E-state index in [9.17, 15) is 19.8 Å². The summed E-state index contributed by atoms with van der Waals surface area (Å²) in [5, 5.41) is 23.9. The number of amides is 2. The number of hydrogen-bond donors (Lipinski definition) is 4. The van der Waals surface area contributed by atoms with Crippen molar-refractivity contribution in [3.05, 3.63) is 12.2 Å². The summed E-state index contributed by atoms with van der Waals surface area (Å²) in [6.07, 6.45) is 0.0401.